The van der Waals surface area contributed by atoms with Gasteiger partial charge in [0.15, 0.2) is 11.6 Å². The molecule has 1 saturated carbocycles. The van der Waals surface area contributed by atoms with Gasteiger partial charge in [0.1, 0.15) is 12.2 Å². The maximum Gasteiger partial charge on any atom is 0.245 e. The summed E-state index contributed by atoms with van der Waals surface area (Å²) in [6.07, 6.45) is 5.07. The number of amides is 1. The number of hydrogen-bond acceptors (Lipinski definition) is 7. The van der Waals surface area contributed by atoms with Gasteiger partial charge in [0.05, 0.1) is 18.2 Å². The number of nitrogens with zero attached hydrogens (tertiary/aromatic N) is 3. The van der Waals surface area contributed by atoms with Gasteiger partial charge in [-0.25, -0.2) is 0 Å². The van der Waals surface area contributed by atoms with Crippen molar-refractivity contribution in [1.29, 1.82) is 0 Å². The van der Waals surface area contributed by atoms with Gasteiger partial charge in [-0.2, -0.15) is 5.10 Å². The Labute approximate surface area is 231 Å². The molecule has 1 aromatic carbocycles. The molecule has 2 aliphatic heterocycles. The van der Waals surface area contributed by atoms with Crippen molar-refractivity contribution in [3.63, 3.8) is 0 Å². The summed E-state index contributed by atoms with van der Waals surface area (Å²) in [7, 11) is 0. The quantitative estimate of drug-likeness (QED) is 0.538. The number of Topliss-reactive ketones (excluding diaryl/α,β-unsaturated/α-hetero) is 2. The number of carbonyl (C=O) groups excluding carboxylic acids is 3. The molecular weight excluding hydrogens is 494 g/mol. The molecule has 2 bridgehead atoms. The van der Waals surface area contributed by atoms with Crippen molar-refractivity contribution < 1.29 is 19.1 Å². The summed E-state index contributed by atoms with van der Waals surface area (Å²) >= 11 is 0. The van der Waals surface area contributed by atoms with Gasteiger partial charge in [0.25, 0.3) is 0 Å². The molecule has 0 spiro atoms. The second-order valence-corrected chi connectivity index (χ2v) is 12.1. The smallest absolute Gasteiger partial charge is 0.245 e. The fraction of sp³-hybridized carbons (Fsp3) is 0.667. The van der Waals surface area contributed by atoms with Crippen LogP contribution in [0.15, 0.2) is 12.1 Å². The van der Waals surface area contributed by atoms with Crippen LogP contribution in [0, 0.1) is 11.3 Å². The van der Waals surface area contributed by atoms with E-state index in [1.807, 2.05) is 17.9 Å². The standard InChI is InChI=1S/C30H43N5O4/c1-5-25(37)24-13-30-14-26(30)35(24)27(38)17-34-29-21(16-31-9-7-6-8-10-39-18-30)11-22(32-15-19(2)3)12-23(29)28(33-34)20(4)36/h11-12,19,24,26,31-32H,5-10,13-18H2,1-4H3/t24-,26+,30-/m0/s1. The molecule has 1 saturated heterocycles. The van der Waals surface area contributed by atoms with Gasteiger partial charge in [0, 0.05) is 55.6 Å². The van der Waals surface area contributed by atoms with Crippen LogP contribution in [0.1, 0.15) is 82.3 Å². The van der Waals surface area contributed by atoms with E-state index < -0.39 is 6.04 Å². The maximum atomic E-state index is 13.9. The van der Waals surface area contributed by atoms with Crippen LogP contribution in [-0.2, 0) is 27.4 Å². The average molecular weight is 538 g/mol. The minimum absolute atomic E-state index is 0.00349. The SMILES string of the molecule is CCC(=O)[C@@H]1C[C@]23COCCCCCNCc4cc(NCC(C)C)cc5c(C(C)=O)nn(c45)CC(=O)N1[C@@H]2C3. The zero-order chi connectivity index (χ0) is 27.7. The van der Waals surface area contributed by atoms with Gasteiger partial charge in [-0.15, -0.1) is 0 Å². The number of carbonyl (C=O) groups is 3. The lowest BCUT2D eigenvalue weighted by molar-refractivity contribution is -0.139. The number of ketones is 2. The van der Waals surface area contributed by atoms with Gasteiger partial charge in [0.2, 0.25) is 5.91 Å². The number of ether oxygens (including phenoxy) is 1. The Morgan fingerprint density at radius 2 is 2.05 bits per heavy atom. The van der Waals surface area contributed by atoms with Gasteiger partial charge >= 0.3 is 0 Å². The molecule has 9 nitrogen and oxygen atoms in total. The van der Waals surface area contributed by atoms with Gasteiger partial charge < -0.3 is 20.3 Å². The third-order valence-electron chi connectivity index (χ3n) is 8.53. The number of anilines is 1. The highest BCUT2D eigenvalue weighted by Gasteiger charge is 2.66. The fourth-order valence-corrected chi connectivity index (χ4v) is 6.38. The van der Waals surface area contributed by atoms with Crippen molar-refractivity contribution in [3.05, 3.63) is 23.4 Å². The lowest BCUT2D eigenvalue weighted by Crippen LogP contribution is -2.44. The molecule has 2 aromatic rings. The van der Waals surface area contributed by atoms with Crippen molar-refractivity contribution in [2.75, 3.05) is 31.6 Å². The molecule has 5 rings (SSSR count). The summed E-state index contributed by atoms with van der Waals surface area (Å²) in [6, 6.07) is 3.71. The molecule has 39 heavy (non-hydrogen) atoms. The van der Waals surface area contributed by atoms with Crippen molar-refractivity contribution >= 4 is 34.1 Å². The molecule has 2 N–H and O–H groups in total. The third-order valence-corrected chi connectivity index (χ3v) is 8.53. The number of aromatic nitrogens is 2. The third kappa shape index (κ3) is 5.61. The van der Waals surface area contributed by atoms with Crippen LogP contribution >= 0.6 is 0 Å². The van der Waals surface area contributed by atoms with Crippen LogP contribution < -0.4 is 10.6 Å². The lowest BCUT2D eigenvalue weighted by Gasteiger charge is -2.26. The lowest BCUT2D eigenvalue weighted by atomic mass is 9.97. The summed E-state index contributed by atoms with van der Waals surface area (Å²) in [5.74, 6) is 0.322. The summed E-state index contributed by atoms with van der Waals surface area (Å²) in [5, 5.41) is 12.5. The molecule has 0 unspecified atom stereocenters. The predicted octanol–water partition coefficient (Wildman–Crippen LogP) is 3.94. The first kappa shape index (κ1) is 27.8. The van der Waals surface area contributed by atoms with E-state index in [0.717, 1.165) is 60.9 Å². The zero-order valence-electron chi connectivity index (χ0n) is 23.8. The fourth-order valence-electron chi connectivity index (χ4n) is 6.38. The molecule has 1 aromatic heterocycles. The summed E-state index contributed by atoms with van der Waals surface area (Å²) in [5.41, 5.74) is 3.02. The number of benzene rings is 1. The van der Waals surface area contributed by atoms with Crippen LogP contribution in [0.5, 0.6) is 0 Å². The van der Waals surface area contributed by atoms with Crippen LogP contribution in [0.25, 0.3) is 10.9 Å². The Hall–Kier alpha value is -2.78. The largest absolute Gasteiger partial charge is 0.385 e. The van der Waals surface area contributed by atoms with Crippen LogP contribution in [0.3, 0.4) is 0 Å². The molecule has 1 amide bonds. The van der Waals surface area contributed by atoms with Crippen LogP contribution in [-0.4, -0.2) is 70.5 Å². The number of nitrogens with one attached hydrogen (secondary N) is 2. The molecule has 0 radical (unpaired) electrons. The summed E-state index contributed by atoms with van der Waals surface area (Å²) < 4.78 is 7.78. The average Bonchev–Trinajstić information content (AvgIpc) is 3.31. The first-order chi connectivity index (χ1) is 18.7. The van der Waals surface area contributed by atoms with Crippen molar-refractivity contribution in [2.45, 2.75) is 91.4 Å². The number of piperidine rings is 1. The second kappa shape index (κ2) is 11.4. The van der Waals surface area contributed by atoms with E-state index in [4.69, 9.17) is 4.74 Å². The van der Waals surface area contributed by atoms with E-state index in [-0.39, 0.29) is 35.5 Å². The molecule has 3 atom stereocenters. The van der Waals surface area contributed by atoms with E-state index in [2.05, 4.69) is 35.6 Å². The maximum absolute atomic E-state index is 13.9. The van der Waals surface area contributed by atoms with E-state index in [1.165, 1.54) is 6.92 Å². The summed E-state index contributed by atoms with van der Waals surface area (Å²) in [4.78, 5) is 41.4. The first-order valence-corrected chi connectivity index (χ1v) is 14.6. The minimum atomic E-state index is -0.411. The Morgan fingerprint density at radius 1 is 1.23 bits per heavy atom. The Morgan fingerprint density at radius 3 is 2.79 bits per heavy atom. The van der Waals surface area contributed by atoms with Crippen molar-refractivity contribution in [1.82, 2.24) is 20.0 Å². The normalized spacial score (nSPS) is 26.0. The van der Waals surface area contributed by atoms with Gasteiger partial charge in [-0.3, -0.25) is 19.1 Å². The number of rotatable bonds is 6. The molecule has 3 aliphatic rings. The van der Waals surface area contributed by atoms with Crippen LogP contribution in [0.4, 0.5) is 5.69 Å². The van der Waals surface area contributed by atoms with Crippen molar-refractivity contribution in [2.24, 2.45) is 11.3 Å². The molecule has 1 aliphatic carbocycles. The molecule has 3 heterocycles. The molecule has 212 valence electrons. The molecule has 9 heteroatoms. The second-order valence-electron chi connectivity index (χ2n) is 12.1. The molecule has 2 fully saturated rings. The highest BCUT2D eigenvalue weighted by atomic mass is 16.5. The molecular formula is C30H43N5O4. The highest BCUT2D eigenvalue weighted by molar-refractivity contribution is 6.06. The topological polar surface area (TPSA) is 106 Å². The summed E-state index contributed by atoms with van der Waals surface area (Å²) in [6.45, 7) is 11.3. The highest BCUT2D eigenvalue weighted by Crippen LogP contribution is 2.60. The van der Waals surface area contributed by atoms with E-state index in [1.54, 1.807) is 4.68 Å². The first-order valence-electron chi connectivity index (χ1n) is 14.6. The Balaban J connectivity index is 1.55. The van der Waals surface area contributed by atoms with Gasteiger partial charge in [-0.1, -0.05) is 20.8 Å². The van der Waals surface area contributed by atoms with Crippen LogP contribution in [0.2, 0.25) is 0 Å². The number of hydrogen-bond donors (Lipinski definition) is 2. The Kier molecular flexibility index (Phi) is 8.10. The predicted molar refractivity (Wildman–Crippen MR) is 151 cm³/mol. The van der Waals surface area contributed by atoms with Gasteiger partial charge in [-0.05, 0) is 62.3 Å². The minimum Gasteiger partial charge on any atom is -0.385 e. The Bertz CT molecular complexity index is 1250. The zero-order valence-corrected chi connectivity index (χ0v) is 23.8. The van der Waals surface area contributed by atoms with Crippen molar-refractivity contribution in [3.8, 4) is 0 Å². The van der Waals surface area contributed by atoms with E-state index in [9.17, 15) is 14.4 Å². The van der Waals surface area contributed by atoms with E-state index >= 15 is 0 Å². The van der Waals surface area contributed by atoms with E-state index in [0.29, 0.717) is 44.2 Å². The monoisotopic (exact) mass is 537 g/mol.